The number of amides is 1. The van der Waals surface area contributed by atoms with Crippen LogP contribution in [0.3, 0.4) is 0 Å². The van der Waals surface area contributed by atoms with Gasteiger partial charge in [-0.05, 0) is 25.0 Å². The van der Waals surface area contributed by atoms with E-state index >= 15 is 0 Å². The van der Waals surface area contributed by atoms with Crippen LogP contribution in [0.1, 0.15) is 12.8 Å². The third-order valence-corrected chi connectivity index (χ3v) is 5.84. The number of anilines is 1. The number of ether oxygens (including phenoxy) is 1. The van der Waals surface area contributed by atoms with E-state index in [1.54, 1.807) is 6.07 Å². The van der Waals surface area contributed by atoms with Gasteiger partial charge in [0.25, 0.3) is 0 Å². The largest absolute Gasteiger partial charge is 0.376 e. The Labute approximate surface area is 164 Å². The number of hydrogen-bond donors (Lipinski definition) is 2. The van der Waals surface area contributed by atoms with Crippen LogP contribution in [0.15, 0.2) is 39.1 Å². The minimum Gasteiger partial charge on any atom is -0.376 e. The van der Waals surface area contributed by atoms with Gasteiger partial charge in [0.1, 0.15) is 0 Å². The molecule has 10 heteroatoms. The van der Waals surface area contributed by atoms with Crippen LogP contribution < -0.4 is 11.0 Å². The molecule has 1 aromatic heterocycles. The van der Waals surface area contributed by atoms with Gasteiger partial charge in [0.05, 0.1) is 35.9 Å². The zero-order chi connectivity index (χ0) is 19.1. The van der Waals surface area contributed by atoms with Crippen LogP contribution in [-0.4, -0.2) is 44.9 Å². The molecule has 0 saturated carbocycles. The highest BCUT2D eigenvalue weighted by atomic mass is 32.2. The molecule has 2 heterocycles. The summed E-state index contributed by atoms with van der Waals surface area (Å²) in [5.41, 5.74) is 0.369. The van der Waals surface area contributed by atoms with Gasteiger partial charge in [-0.2, -0.15) is 5.26 Å². The first-order valence-corrected chi connectivity index (χ1v) is 10.4. The smallest absolute Gasteiger partial charge is 0.344 e. The number of nitrogens with one attached hydrogen (secondary N) is 2. The molecule has 0 spiro atoms. The minimum atomic E-state index is -0.299. The van der Waals surface area contributed by atoms with Crippen LogP contribution in [0, 0.1) is 11.3 Å². The number of nitriles is 1. The normalized spacial score (nSPS) is 16.2. The lowest BCUT2D eigenvalue weighted by Gasteiger charge is -2.11. The zero-order valence-corrected chi connectivity index (χ0v) is 16.1. The van der Waals surface area contributed by atoms with Crippen LogP contribution >= 0.6 is 23.5 Å². The van der Waals surface area contributed by atoms with Gasteiger partial charge in [0.15, 0.2) is 5.16 Å². The average molecular weight is 406 g/mol. The second-order valence-electron chi connectivity index (χ2n) is 5.84. The molecule has 0 radical (unpaired) electrons. The molecule has 0 bridgehead atoms. The van der Waals surface area contributed by atoms with E-state index in [-0.39, 0.29) is 23.5 Å². The standard InChI is InChI=1S/C17H19N5O3S2/c18-7-9-26-14-6-2-1-5-13(14)19-15(23)11-27-17-21-20-16(24)22(17)10-12-4-3-8-25-12/h1-2,5-6,12H,3-4,8-11H2,(H,19,23)(H,20,24)/t12-/m0/s1. The fourth-order valence-corrected chi connectivity index (χ4v) is 4.11. The van der Waals surface area contributed by atoms with Crippen molar-refractivity contribution in [3.05, 3.63) is 34.7 Å². The first kappa shape index (κ1) is 19.5. The molecule has 1 fully saturated rings. The van der Waals surface area contributed by atoms with E-state index in [0.29, 0.717) is 29.7 Å². The van der Waals surface area contributed by atoms with Crippen molar-refractivity contribution in [2.75, 3.05) is 23.4 Å². The summed E-state index contributed by atoms with van der Waals surface area (Å²) in [6.45, 7) is 1.15. The summed E-state index contributed by atoms with van der Waals surface area (Å²) in [5, 5.41) is 18.5. The van der Waals surface area contributed by atoms with Crippen molar-refractivity contribution >= 4 is 35.1 Å². The highest BCUT2D eigenvalue weighted by Gasteiger charge is 2.20. The van der Waals surface area contributed by atoms with Gasteiger partial charge in [0, 0.05) is 11.5 Å². The molecule has 0 aliphatic carbocycles. The van der Waals surface area contributed by atoms with Crippen LogP contribution in [0.25, 0.3) is 0 Å². The minimum absolute atomic E-state index is 0.0116. The van der Waals surface area contributed by atoms with Gasteiger partial charge in [-0.15, -0.1) is 16.9 Å². The summed E-state index contributed by atoms with van der Waals surface area (Å²) < 4.78 is 7.09. The first-order valence-electron chi connectivity index (χ1n) is 8.45. The van der Waals surface area contributed by atoms with E-state index in [1.807, 2.05) is 18.2 Å². The molecule has 1 aliphatic heterocycles. The molecule has 1 amide bonds. The van der Waals surface area contributed by atoms with E-state index in [1.165, 1.54) is 28.1 Å². The summed E-state index contributed by atoms with van der Waals surface area (Å²) in [6.07, 6.45) is 1.92. The van der Waals surface area contributed by atoms with E-state index in [4.69, 9.17) is 10.00 Å². The Morgan fingerprint density at radius 3 is 3.07 bits per heavy atom. The monoisotopic (exact) mass is 405 g/mol. The van der Waals surface area contributed by atoms with E-state index in [9.17, 15) is 9.59 Å². The third kappa shape index (κ3) is 5.38. The number of thioether (sulfide) groups is 2. The summed E-state index contributed by atoms with van der Waals surface area (Å²) in [6, 6.07) is 9.41. The molecule has 142 valence electrons. The number of nitrogens with zero attached hydrogens (tertiary/aromatic N) is 3. The van der Waals surface area contributed by atoms with Crippen LogP contribution in [-0.2, 0) is 16.1 Å². The number of H-pyrrole nitrogens is 1. The predicted molar refractivity (Wildman–Crippen MR) is 104 cm³/mol. The van der Waals surface area contributed by atoms with Gasteiger partial charge in [-0.25, -0.2) is 9.89 Å². The van der Waals surface area contributed by atoms with Gasteiger partial charge < -0.3 is 10.1 Å². The average Bonchev–Trinajstić information content (AvgIpc) is 3.30. The van der Waals surface area contributed by atoms with Crippen molar-refractivity contribution in [2.24, 2.45) is 0 Å². The van der Waals surface area contributed by atoms with Crippen molar-refractivity contribution in [1.29, 1.82) is 5.26 Å². The SMILES string of the molecule is N#CCSc1ccccc1NC(=O)CSc1n[nH]c(=O)n1C[C@@H]1CCCO1. The molecule has 1 aliphatic rings. The summed E-state index contributed by atoms with van der Waals surface area (Å²) in [5.74, 6) is 0.224. The summed E-state index contributed by atoms with van der Waals surface area (Å²) >= 11 is 2.56. The predicted octanol–water partition coefficient (Wildman–Crippen LogP) is 2.10. The van der Waals surface area contributed by atoms with Crippen molar-refractivity contribution in [2.45, 2.75) is 35.5 Å². The Kier molecular flexibility index (Phi) is 6.98. The Bertz CT molecular complexity index is 883. The van der Waals surface area contributed by atoms with Crippen molar-refractivity contribution in [1.82, 2.24) is 14.8 Å². The van der Waals surface area contributed by atoms with Gasteiger partial charge in [-0.1, -0.05) is 23.9 Å². The van der Waals surface area contributed by atoms with Crippen LogP contribution in [0.5, 0.6) is 0 Å². The maximum Gasteiger partial charge on any atom is 0.344 e. The van der Waals surface area contributed by atoms with Gasteiger partial charge >= 0.3 is 5.69 Å². The fraction of sp³-hybridized carbons (Fsp3) is 0.412. The summed E-state index contributed by atoms with van der Waals surface area (Å²) in [7, 11) is 0. The number of aromatic nitrogens is 3. The topological polar surface area (TPSA) is 113 Å². The molecular weight excluding hydrogens is 386 g/mol. The number of hydrogen-bond acceptors (Lipinski definition) is 7. The van der Waals surface area contributed by atoms with E-state index in [0.717, 1.165) is 17.7 Å². The number of para-hydroxylation sites is 1. The number of carbonyl (C=O) groups excluding carboxylic acids is 1. The quantitative estimate of drug-likeness (QED) is 0.647. The molecular formula is C17H19N5O3S2. The maximum atomic E-state index is 12.3. The lowest BCUT2D eigenvalue weighted by molar-refractivity contribution is -0.113. The summed E-state index contributed by atoms with van der Waals surface area (Å²) in [4.78, 5) is 25.1. The van der Waals surface area contributed by atoms with Crippen LogP contribution in [0.4, 0.5) is 5.69 Å². The molecule has 27 heavy (non-hydrogen) atoms. The number of rotatable bonds is 8. The van der Waals surface area contributed by atoms with Gasteiger partial charge in [-0.3, -0.25) is 9.36 Å². The molecule has 0 unspecified atom stereocenters. The Morgan fingerprint density at radius 2 is 2.30 bits per heavy atom. The van der Waals surface area contributed by atoms with E-state index in [2.05, 4.69) is 21.6 Å². The van der Waals surface area contributed by atoms with Gasteiger partial charge in [0.2, 0.25) is 5.91 Å². The molecule has 1 atom stereocenters. The lowest BCUT2D eigenvalue weighted by Crippen LogP contribution is -2.25. The lowest BCUT2D eigenvalue weighted by atomic mass is 10.2. The third-order valence-electron chi connectivity index (χ3n) is 3.92. The first-order chi connectivity index (χ1) is 13.2. The molecule has 1 saturated heterocycles. The molecule has 2 N–H and O–H groups in total. The van der Waals surface area contributed by atoms with E-state index < -0.39 is 0 Å². The molecule has 2 aromatic rings. The van der Waals surface area contributed by atoms with Crippen LogP contribution in [0.2, 0.25) is 0 Å². The van der Waals surface area contributed by atoms with Crippen molar-refractivity contribution in [3.8, 4) is 6.07 Å². The second-order valence-corrected chi connectivity index (χ2v) is 7.80. The number of benzene rings is 1. The van der Waals surface area contributed by atoms with Crippen molar-refractivity contribution < 1.29 is 9.53 Å². The molecule has 1 aromatic carbocycles. The highest BCUT2D eigenvalue weighted by Crippen LogP contribution is 2.27. The fourth-order valence-electron chi connectivity index (χ4n) is 2.69. The van der Waals surface area contributed by atoms with Crippen molar-refractivity contribution in [3.63, 3.8) is 0 Å². The second kappa shape index (κ2) is 9.64. The highest BCUT2D eigenvalue weighted by molar-refractivity contribution is 8.00. The Hall–Kier alpha value is -2.22. The Balaban J connectivity index is 1.59. The number of carbonyl (C=O) groups is 1. The zero-order valence-electron chi connectivity index (χ0n) is 14.5. The number of aromatic amines is 1. The Morgan fingerprint density at radius 1 is 1.44 bits per heavy atom. The molecule has 3 rings (SSSR count). The molecule has 8 nitrogen and oxygen atoms in total. The maximum absolute atomic E-state index is 12.3.